The topological polar surface area (TPSA) is 18.5 Å². The van der Waals surface area contributed by atoms with E-state index in [9.17, 15) is 0 Å². The summed E-state index contributed by atoms with van der Waals surface area (Å²) >= 11 is 0. The van der Waals surface area contributed by atoms with E-state index in [1.807, 2.05) is 0 Å². The van der Waals surface area contributed by atoms with Gasteiger partial charge in [-0.2, -0.15) is 0 Å². The minimum absolute atomic E-state index is 1.15. The molecule has 0 bridgehead atoms. The summed E-state index contributed by atoms with van der Waals surface area (Å²) in [5.74, 6) is 0. The van der Waals surface area contributed by atoms with Crippen LogP contribution in [0.1, 0.15) is 17.5 Å². The molecule has 2 aliphatic heterocycles. The van der Waals surface area contributed by atoms with Crippen LogP contribution in [0, 0.1) is 0 Å². The van der Waals surface area contributed by atoms with Gasteiger partial charge in [-0.05, 0) is 36.5 Å². The normalized spacial score (nSPS) is 20.4. The van der Waals surface area contributed by atoms with Gasteiger partial charge in [0.2, 0.25) is 0 Å². The third-order valence-corrected chi connectivity index (χ3v) is 4.43. The first-order valence-electron chi connectivity index (χ1n) is 7.59. The molecule has 0 aliphatic carbocycles. The standard InChI is InChI=1S/C16H25N3/c1-18-9-2-3-15-5-4-14(13-16(15)18)6-10-19-11-7-17-8-12-19/h4-5,13,17H,2-3,6-12H2,1H3. The van der Waals surface area contributed by atoms with Crippen molar-refractivity contribution in [3.63, 3.8) is 0 Å². The molecule has 2 heterocycles. The molecule has 3 rings (SSSR count). The number of piperazine rings is 1. The van der Waals surface area contributed by atoms with Crippen molar-refractivity contribution in [1.29, 1.82) is 0 Å². The summed E-state index contributed by atoms with van der Waals surface area (Å²) in [5, 5.41) is 3.41. The molecule has 0 unspecified atom stereocenters. The van der Waals surface area contributed by atoms with Crippen LogP contribution in [0.3, 0.4) is 0 Å². The van der Waals surface area contributed by atoms with E-state index in [4.69, 9.17) is 0 Å². The Morgan fingerprint density at radius 3 is 2.84 bits per heavy atom. The quantitative estimate of drug-likeness (QED) is 0.888. The fraction of sp³-hybridized carbons (Fsp3) is 0.625. The van der Waals surface area contributed by atoms with Crippen LogP contribution in [-0.2, 0) is 12.8 Å². The fourth-order valence-electron chi connectivity index (χ4n) is 3.18. The number of anilines is 1. The Balaban J connectivity index is 1.63. The van der Waals surface area contributed by atoms with Gasteiger partial charge in [0.1, 0.15) is 0 Å². The highest BCUT2D eigenvalue weighted by molar-refractivity contribution is 5.56. The van der Waals surface area contributed by atoms with Crippen molar-refractivity contribution in [1.82, 2.24) is 10.2 Å². The molecule has 1 saturated heterocycles. The third kappa shape index (κ3) is 3.10. The predicted molar refractivity (Wildman–Crippen MR) is 81.0 cm³/mol. The lowest BCUT2D eigenvalue weighted by atomic mass is 9.99. The lowest BCUT2D eigenvalue weighted by Crippen LogP contribution is -2.44. The number of aryl methyl sites for hydroxylation is 1. The molecule has 0 amide bonds. The highest BCUT2D eigenvalue weighted by atomic mass is 15.2. The average Bonchev–Trinajstić information content (AvgIpc) is 2.47. The smallest absolute Gasteiger partial charge is 0.0398 e. The van der Waals surface area contributed by atoms with Crippen molar-refractivity contribution in [3.05, 3.63) is 29.3 Å². The maximum absolute atomic E-state index is 3.41. The molecule has 3 heteroatoms. The molecule has 1 fully saturated rings. The highest BCUT2D eigenvalue weighted by Crippen LogP contribution is 2.27. The molecule has 104 valence electrons. The molecule has 1 aromatic carbocycles. The zero-order valence-electron chi connectivity index (χ0n) is 12.0. The molecular formula is C16H25N3. The lowest BCUT2D eigenvalue weighted by Gasteiger charge is -2.29. The largest absolute Gasteiger partial charge is 0.374 e. The van der Waals surface area contributed by atoms with E-state index in [0.717, 1.165) is 13.1 Å². The van der Waals surface area contributed by atoms with E-state index in [1.54, 1.807) is 0 Å². The van der Waals surface area contributed by atoms with Crippen LogP contribution >= 0.6 is 0 Å². The number of nitrogens with zero attached hydrogens (tertiary/aromatic N) is 2. The monoisotopic (exact) mass is 259 g/mol. The second kappa shape index (κ2) is 5.93. The Bertz CT molecular complexity index is 424. The van der Waals surface area contributed by atoms with Crippen LogP contribution in [0.15, 0.2) is 18.2 Å². The summed E-state index contributed by atoms with van der Waals surface area (Å²) in [6.45, 7) is 7.09. The number of benzene rings is 1. The van der Waals surface area contributed by atoms with Gasteiger partial charge in [-0.3, -0.25) is 0 Å². The van der Waals surface area contributed by atoms with Gasteiger partial charge in [-0.15, -0.1) is 0 Å². The number of hydrogen-bond acceptors (Lipinski definition) is 3. The van der Waals surface area contributed by atoms with Crippen LogP contribution in [0.5, 0.6) is 0 Å². The van der Waals surface area contributed by atoms with Crippen molar-refractivity contribution in [2.24, 2.45) is 0 Å². The molecule has 0 radical (unpaired) electrons. The van der Waals surface area contributed by atoms with Crippen LogP contribution in [-0.4, -0.2) is 51.2 Å². The average molecular weight is 259 g/mol. The van der Waals surface area contributed by atoms with Gasteiger partial charge in [0.05, 0.1) is 0 Å². The zero-order chi connectivity index (χ0) is 13.1. The Hall–Kier alpha value is -1.06. The molecule has 2 aliphatic rings. The third-order valence-electron chi connectivity index (χ3n) is 4.43. The molecule has 3 nitrogen and oxygen atoms in total. The van der Waals surface area contributed by atoms with Gasteiger partial charge in [0, 0.05) is 52.0 Å². The molecule has 19 heavy (non-hydrogen) atoms. The summed E-state index contributed by atoms with van der Waals surface area (Å²) in [6.07, 6.45) is 3.72. The molecule has 0 saturated carbocycles. The number of fused-ring (bicyclic) bond motifs is 1. The van der Waals surface area contributed by atoms with E-state index in [1.165, 1.54) is 62.3 Å². The van der Waals surface area contributed by atoms with Crippen LogP contribution in [0.4, 0.5) is 5.69 Å². The second-order valence-corrected chi connectivity index (χ2v) is 5.83. The van der Waals surface area contributed by atoms with Gasteiger partial charge in [-0.25, -0.2) is 0 Å². The molecule has 0 spiro atoms. The maximum atomic E-state index is 3.41. The van der Waals surface area contributed by atoms with E-state index >= 15 is 0 Å². The maximum Gasteiger partial charge on any atom is 0.0398 e. The lowest BCUT2D eigenvalue weighted by molar-refractivity contribution is 0.244. The van der Waals surface area contributed by atoms with Crippen LogP contribution in [0.25, 0.3) is 0 Å². The fourth-order valence-corrected chi connectivity index (χ4v) is 3.18. The van der Waals surface area contributed by atoms with Crippen molar-refractivity contribution < 1.29 is 0 Å². The van der Waals surface area contributed by atoms with Crippen molar-refractivity contribution in [2.75, 3.05) is 51.2 Å². The highest BCUT2D eigenvalue weighted by Gasteiger charge is 2.14. The van der Waals surface area contributed by atoms with Gasteiger partial charge >= 0.3 is 0 Å². The number of hydrogen-bond donors (Lipinski definition) is 1. The summed E-state index contributed by atoms with van der Waals surface area (Å²) in [5.41, 5.74) is 4.48. The van der Waals surface area contributed by atoms with Crippen molar-refractivity contribution in [2.45, 2.75) is 19.3 Å². The minimum atomic E-state index is 1.15. The second-order valence-electron chi connectivity index (χ2n) is 5.83. The Kier molecular flexibility index (Phi) is 4.04. The zero-order valence-corrected chi connectivity index (χ0v) is 12.0. The van der Waals surface area contributed by atoms with Gasteiger partial charge < -0.3 is 15.1 Å². The van der Waals surface area contributed by atoms with E-state index in [2.05, 4.69) is 40.4 Å². The summed E-state index contributed by atoms with van der Waals surface area (Å²) in [6, 6.07) is 7.09. The Morgan fingerprint density at radius 1 is 1.16 bits per heavy atom. The molecule has 1 N–H and O–H groups in total. The van der Waals surface area contributed by atoms with Gasteiger partial charge in [-0.1, -0.05) is 12.1 Å². The number of nitrogens with one attached hydrogen (secondary N) is 1. The first-order valence-corrected chi connectivity index (χ1v) is 7.59. The summed E-state index contributed by atoms with van der Waals surface area (Å²) < 4.78 is 0. The Morgan fingerprint density at radius 2 is 2.00 bits per heavy atom. The molecule has 0 aromatic heterocycles. The van der Waals surface area contributed by atoms with E-state index in [-0.39, 0.29) is 0 Å². The van der Waals surface area contributed by atoms with Gasteiger partial charge in [0.15, 0.2) is 0 Å². The minimum Gasteiger partial charge on any atom is -0.374 e. The van der Waals surface area contributed by atoms with E-state index < -0.39 is 0 Å². The Labute approximate surface area is 116 Å². The molecule has 0 atom stereocenters. The van der Waals surface area contributed by atoms with E-state index in [0.29, 0.717) is 0 Å². The summed E-state index contributed by atoms with van der Waals surface area (Å²) in [4.78, 5) is 4.98. The predicted octanol–water partition coefficient (Wildman–Crippen LogP) is 1.52. The SMILES string of the molecule is CN1CCCc2ccc(CCN3CCNCC3)cc21. The van der Waals surface area contributed by atoms with Crippen molar-refractivity contribution in [3.8, 4) is 0 Å². The number of rotatable bonds is 3. The van der Waals surface area contributed by atoms with Crippen LogP contribution < -0.4 is 10.2 Å². The van der Waals surface area contributed by atoms with Crippen LogP contribution in [0.2, 0.25) is 0 Å². The van der Waals surface area contributed by atoms with Crippen molar-refractivity contribution >= 4 is 5.69 Å². The summed E-state index contributed by atoms with van der Waals surface area (Å²) in [7, 11) is 2.22. The first kappa shape index (κ1) is 12.9. The van der Waals surface area contributed by atoms with Gasteiger partial charge in [0.25, 0.3) is 0 Å². The molecule has 1 aromatic rings. The first-order chi connectivity index (χ1) is 9.33. The molecular weight excluding hydrogens is 234 g/mol.